The van der Waals surface area contributed by atoms with Crippen molar-refractivity contribution >= 4 is 18.0 Å². The van der Waals surface area contributed by atoms with Crippen LogP contribution in [0.2, 0.25) is 0 Å². The van der Waals surface area contributed by atoms with Crippen molar-refractivity contribution in [3.05, 3.63) is 65.7 Å². The Bertz CT molecular complexity index is 933. The van der Waals surface area contributed by atoms with Crippen molar-refractivity contribution in [2.45, 2.75) is 38.0 Å². The predicted octanol–water partition coefficient (Wildman–Crippen LogP) is 2.70. The molecular weight excluding hydrogens is 412 g/mol. The lowest BCUT2D eigenvalue weighted by atomic mass is 10.0. The van der Waals surface area contributed by atoms with Crippen molar-refractivity contribution in [3.63, 3.8) is 0 Å². The van der Waals surface area contributed by atoms with Crippen LogP contribution in [0.3, 0.4) is 0 Å². The minimum absolute atomic E-state index is 0.128. The van der Waals surface area contributed by atoms with Crippen molar-refractivity contribution in [1.29, 1.82) is 0 Å². The number of ether oxygens (including phenoxy) is 3. The van der Waals surface area contributed by atoms with Crippen LogP contribution in [0.25, 0.3) is 0 Å². The van der Waals surface area contributed by atoms with E-state index in [1.165, 1.54) is 12.0 Å². The number of hydrogen-bond donors (Lipinski definition) is 1. The molecule has 1 saturated heterocycles. The molecule has 8 nitrogen and oxygen atoms in total. The van der Waals surface area contributed by atoms with Gasteiger partial charge in [0.15, 0.2) is 0 Å². The summed E-state index contributed by atoms with van der Waals surface area (Å²) in [6.07, 6.45) is 0.821. The van der Waals surface area contributed by atoms with Crippen LogP contribution in [0.4, 0.5) is 4.79 Å². The maximum atomic E-state index is 13.0. The maximum absolute atomic E-state index is 13.0. The molecule has 32 heavy (non-hydrogen) atoms. The number of carbonyl (C=O) groups excluding carboxylic acids is 3. The summed E-state index contributed by atoms with van der Waals surface area (Å²) < 4.78 is 15.6. The number of amides is 2. The summed E-state index contributed by atoms with van der Waals surface area (Å²) in [5.74, 6) is -0.368. The fourth-order valence-electron chi connectivity index (χ4n) is 3.76. The van der Waals surface area contributed by atoms with Gasteiger partial charge in [0, 0.05) is 13.0 Å². The van der Waals surface area contributed by atoms with E-state index in [2.05, 4.69) is 5.32 Å². The van der Waals surface area contributed by atoms with E-state index in [1.54, 1.807) is 13.2 Å². The van der Waals surface area contributed by atoms with Crippen molar-refractivity contribution in [2.24, 2.45) is 0 Å². The largest absolute Gasteiger partial charge is 0.496 e. The van der Waals surface area contributed by atoms with Gasteiger partial charge >= 0.3 is 12.1 Å². The highest BCUT2D eigenvalue weighted by Crippen LogP contribution is 2.22. The van der Waals surface area contributed by atoms with Crippen LogP contribution in [0, 0.1) is 0 Å². The number of nitrogens with zero attached hydrogens (tertiary/aromatic N) is 1. The molecule has 3 rings (SSSR count). The first-order chi connectivity index (χ1) is 15.5. The summed E-state index contributed by atoms with van der Waals surface area (Å²) >= 11 is 0. The van der Waals surface area contributed by atoms with Gasteiger partial charge in [0.05, 0.1) is 14.2 Å². The molecule has 2 amide bonds. The van der Waals surface area contributed by atoms with Gasteiger partial charge in [-0.15, -0.1) is 0 Å². The molecule has 1 N–H and O–H groups in total. The molecule has 2 aromatic carbocycles. The highest BCUT2D eigenvalue weighted by atomic mass is 16.6. The van der Waals surface area contributed by atoms with Gasteiger partial charge in [0.25, 0.3) is 0 Å². The standard InChI is InChI=1S/C24H28N2O6/c1-30-21-13-7-6-11-18(21)15-19(23(28)31-2)25-22(27)20-12-8-14-26(20)24(29)32-16-17-9-4-3-5-10-17/h3-7,9-11,13,19-20H,8,12,14-16H2,1-2H3,(H,25,27)/t19-,20+/m0/s1. The molecule has 1 aliphatic rings. The monoisotopic (exact) mass is 440 g/mol. The highest BCUT2D eigenvalue weighted by Gasteiger charge is 2.37. The van der Waals surface area contributed by atoms with Gasteiger partial charge in [0.2, 0.25) is 5.91 Å². The second-order valence-electron chi connectivity index (χ2n) is 7.49. The number of hydrogen-bond acceptors (Lipinski definition) is 6. The van der Waals surface area contributed by atoms with Gasteiger partial charge in [-0.3, -0.25) is 9.69 Å². The Balaban J connectivity index is 1.65. The first-order valence-electron chi connectivity index (χ1n) is 10.5. The SMILES string of the molecule is COC(=O)[C@H](Cc1ccccc1OC)NC(=O)[C@H]1CCCN1C(=O)OCc1ccccc1. The van der Waals surface area contributed by atoms with E-state index in [0.29, 0.717) is 25.1 Å². The van der Waals surface area contributed by atoms with Crippen LogP contribution >= 0.6 is 0 Å². The Morgan fingerprint density at radius 1 is 1.06 bits per heavy atom. The number of rotatable bonds is 8. The summed E-state index contributed by atoms with van der Waals surface area (Å²) in [7, 11) is 2.81. The number of para-hydroxylation sites is 1. The number of nitrogens with one attached hydrogen (secondary N) is 1. The van der Waals surface area contributed by atoms with E-state index >= 15 is 0 Å². The van der Waals surface area contributed by atoms with Crippen molar-refractivity contribution < 1.29 is 28.6 Å². The molecule has 1 heterocycles. The molecule has 2 atom stereocenters. The van der Waals surface area contributed by atoms with Crippen molar-refractivity contribution in [3.8, 4) is 5.75 Å². The van der Waals surface area contributed by atoms with E-state index in [0.717, 1.165) is 11.1 Å². The van der Waals surface area contributed by atoms with E-state index in [9.17, 15) is 14.4 Å². The molecule has 0 unspecified atom stereocenters. The first kappa shape index (κ1) is 23.1. The third kappa shape index (κ3) is 5.78. The number of carbonyl (C=O) groups is 3. The molecule has 8 heteroatoms. The molecule has 0 aromatic heterocycles. The van der Waals surface area contributed by atoms with Gasteiger partial charge < -0.3 is 19.5 Å². The molecule has 0 spiro atoms. The summed E-state index contributed by atoms with van der Waals surface area (Å²) in [5.41, 5.74) is 1.62. The lowest BCUT2D eigenvalue weighted by Gasteiger charge is -2.25. The Hall–Kier alpha value is -3.55. The minimum atomic E-state index is -0.911. The third-order valence-corrected chi connectivity index (χ3v) is 5.41. The average molecular weight is 440 g/mol. The second kappa shape index (κ2) is 11.2. The van der Waals surface area contributed by atoms with Crippen LogP contribution in [0.5, 0.6) is 5.75 Å². The molecule has 0 saturated carbocycles. The Labute approximate surface area is 187 Å². The first-order valence-corrected chi connectivity index (χ1v) is 10.5. The lowest BCUT2D eigenvalue weighted by Crippen LogP contribution is -2.51. The summed E-state index contributed by atoms with van der Waals surface area (Å²) in [4.78, 5) is 39.4. The fraction of sp³-hybridized carbons (Fsp3) is 0.375. The zero-order valence-electron chi connectivity index (χ0n) is 18.3. The molecule has 170 valence electrons. The number of esters is 1. The minimum Gasteiger partial charge on any atom is -0.496 e. The average Bonchev–Trinajstić information content (AvgIpc) is 3.33. The third-order valence-electron chi connectivity index (χ3n) is 5.41. The summed E-state index contributed by atoms with van der Waals surface area (Å²) in [5, 5.41) is 2.75. The fourth-order valence-corrected chi connectivity index (χ4v) is 3.76. The van der Waals surface area contributed by atoms with Gasteiger partial charge in [-0.1, -0.05) is 48.5 Å². The quantitative estimate of drug-likeness (QED) is 0.635. The van der Waals surface area contributed by atoms with Crippen LogP contribution in [-0.2, 0) is 32.1 Å². The molecule has 0 radical (unpaired) electrons. The van der Waals surface area contributed by atoms with E-state index in [4.69, 9.17) is 14.2 Å². The Kier molecular flexibility index (Phi) is 8.08. The molecule has 2 aromatic rings. The van der Waals surface area contributed by atoms with E-state index < -0.39 is 30.1 Å². The van der Waals surface area contributed by atoms with Crippen LogP contribution in [-0.4, -0.2) is 55.7 Å². The molecule has 0 aliphatic carbocycles. The van der Waals surface area contributed by atoms with E-state index in [-0.39, 0.29) is 13.0 Å². The highest BCUT2D eigenvalue weighted by molar-refractivity contribution is 5.90. The predicted molar refractivity (Wildman–Crippen MR) is 117 cm³/mol. The van der Waals surface area contributed by atoms with Crippen LogP contribution < -0.4 is 10.1 Å². The van der Waals surface area contributed by atoms with Gasteiger partial charge in [-0.2, -0.15) is 0 Å². The Morgan fingerprint density at radius 3 is 2.50 bits per heavy atom. The zero-order chi connectivity index (χ0) is 22.9. The smallest absolute Gasteiger partial charge is 0.410 e. The summed E-state index contributed by atoms with van der Waals surface area (Å²) in [6, 6.07) is 15.0. The van der Waals surface area contributed by atoms with Crippen LogP contribution in [0.1, 0.15) is 24.0 Å². The Morgan fingerprint density at radius 2 is 1.78 bits per heavy atom. The van der Waals surface area contributed by atoms with E-state index in [1.807, 2.05) is 48.5 Å². The zero-order valence-corrected chi connectivity index (χ0v) is 18.3. The van der Waals surface area contributed by atoms with Gasteiger partial charge in [-0.05, 0) is 30.0 Å². The van der Waals surface area contributed by atoms with Crippen molar-refractivity contribution in [2.75, 3.05) is 20.8 Å². The number of likely N-dealkylation sites (tertiary alicyclic amines) is 1. The van der Waals surface area contributed by atoms with Gasteiger partial charge in [-0.25, -0.2) is 9.59 Å². The second-order valence-corrected chi connectivity index (χ2v) is 7.49. The normalized spacial score (nSPS) is 16.2. The molecule has 0 bridgehead atoms. The lowest BCUT2D eigenvalue weighted by molar-refractivity contribution is -0.145. The molecular formula is C24H28N2O6. The van der Waals surface area contributed by atoms with Crippen LogP contribution in [0.15, 0.2) is 54.6 Å². The molecule has 1 aliphatic heterocycles. The number of methoxy groups -OCH3 is 2. The van der Waals surface area contributed by atoms with Gasteiger partial charge in [0.1, 0.15) is 24.4 Å². The number of benzene rings is 2. The van der Waals surface area contributed by atoms with Crippen molar-refractivity contribution in [1.82, 2.24) is 10.2 Å². The molecule has 1 fully saturated rings. The maximum Gasteiger partial charge on any atom is 0.410 e. The summed E-state index contributed by atoms with van der Waals surface area (Å²) in [6.45, 7) is 0.546. The topological polar surface area (TPSA) is 94.2 Å².